The summed E-state index contributed by atoms with van der Waals surface area (Å²) in [5, 5.41) is 1.18. The van der Waals surface area contributed by atoms with E-state index in [1.54, 1.807) is 5.56 Å². The highest BCUT2D eigenvalue weighted by Gasteiger charge is 2.64. The van der Waals surface area contributed by atoms with Crippen molar-refractivity contribution in [3.05, 3.63) is 117 Å². The zero-order chi connectivity index (χ0) is 45.7. The van der Waals surface area contributed by atoms with Gasteiger partial charge in [0.25, 0.3) is 6.71 Å². The Morgan fingerprint density at radius 2 is 1.15 bits per heavy atom. The Morgan fingerprint density at radius 3 is 1.83 bits per heavy atom. The van der Waals surface area contributed by atoms with Crippen LogP contribution in [-0.4, -0.2) is 17.8 Å². The van der Waals surface area contributed by atoms with Crippen LogP contribution >= 0.6 is 0 Å². The molecule has 65 heavy (non-hydrogen) atoms. The number of hydrogen-bond donors (Lipinski definition) is 0. The molecule has 0 amide bonds. The molecule has 5 heteroatoms. The topological polar surface area (TPSA) is 22.9 Å². The molecule has 5 heterocycles. The molecule has 2 saturated carbocycles. The van der Waals surface area contributed by atoms with E-state index >= 15 is 0 Å². The van der Waals surface area contributed by atoms with Crippen LogP contribution in [0.5, 0.6) is 0 Å². The van der Waals surface area contributed by atoms with E-state index < -0.39 is 0 Å². The van der Waals surface area contributed by atoms with Gasteiger partial charge in [0.1, 0.15) is 5.58 Å². The van der Waals surface area contributed by atoms with Crippen molar-refractivity contribution in [2.24, 2.45) is 0 Å². The number of anilines is 7. The Kier molecular flexibility index (Phi) is 8.28. The van der Waals surface area contributed by atoms with Gasteiger partial charge in [-0.25, -0.2) is 0 Å². The van der Waals surface area contributed by atoms with Gasteiger partial charge < -0.3 is 19.1 Å². The Hall–Kier alpha value is -4.90. The van der Waals surface area contributed by atoms with Gasteiger partial charge in [0.05, 0.1) is 28.1 Å². The van der Waals surface area contributed by atoms with Gasteiger partial charge >= 0.3 is 0 Å². The number of nitrogens with zero attached hydrogens (tertiary/aromatic N) is 3. The van der Waals surface area contributed by atoms with Crippen LogP contribution in [0.3, 0.4) is 0 Å². The highest BCUT2D eigenvalue weighted by atomic mass is 16.3. The second-order valence-corrected chi connectivity index (χ2v) is 24.6. The molecule has 334 valence electrons. The lowest BCUT2D eigenvalue weighted by Crippen LogP contribution is -2.65. The second kappa shape index (κ2) is 13.0. The highest BCUT2D eigenvalue weighted by molar-refractivity contribution is 7.00. The predicted octanol–water partition coefficient (Wildman–Crippen LogP) is 14.4. The first-order valence-electron chi connectivity index (χ1n) is 25.2. The Balaban J connectivity index is 1.24. The maximum Gasteiger partial charge on any atom is 0.297 e. The van der Waals surface area contributed by atoms with E-state index in [4.69, 9.17) is 4.42 Å². The summed E-state index contributed by atoms with van der Waals surface area (Å²) in [4.78, 5) is 8.48. The third-order valence-corrected chi connectivity index (χ3v) is 18.9. The molecule has 4 atom stereocenters. The van der Waals surface area contributed by atoms with Gasteiger partial charge in [-0.05, 0) is 158 Å². The smallest absolute Gasteiger partial charge is 0.297 e. The van der Waals surface area contributed by atoms with Crippen molar-refractivity contribution in [2.45, 2.75) is 181 Å². The van der Waals surface area contributed by atoms with Crippen LogP contribution < -0.4 is 31.3 Å². The van der Waals surface area contributed by atoms with Crippen molar-refractivity contribution in [1.82, 2.24) is 0 Å². The fourth-order valence-electron chi connectivity index (χ4n) is 15.1. The SMILES string of the molecule is Cc1cc(C)c2c3c1B1c4oc5ccccc5c4N(c4c(C)cc(C(C)(C)C)cc4C)c4cc(N5c6ccc(C(C)(C)C)cc6C6(C)CCCCC56C)cc(c41)N3C1(C)CCCCC21C. The molecule has 2 fully saturated rings. The van der Waals surface area contributed by atoms with Gasteiger partial charge in [-0.2, -0.15) is 0 Å². The number of fused-ring (bicyclic) bond motifs is 12. The van der Waals surface area contributed by atoms with Crippen LogP contribution in [-0.2, 0) is 21.7 Å². The normalized spacial score (nSPS) is 26.2. The minimum Gasteiger partial charge on any atom is -0.468 e. The Morgan fingerprint density at radius 1 is 0.538 bits per heavy atom. The van der Waals surface area contributed by atoms with Crippen LogP contribution in [0, 0.1) is 27.7 Å². The molecule has 0 N–H and O–H groups in total. The number of para-hydroxylation sites is 1. The summed E-state index contributed by atoms with van der Waals surface area (Å²) in [7, 11) is 0. The lowest BCUT2D eigenvalue weighted by molar-refractivity contribution is 0.193. The molecule has 1 aromatic heterocycles. The van der Waals surface area contributed by atoms with E-state index in [-0.39, 0.29) is 39.5 Å². The standard InChI is InChI=1S/C60H70BN3O/c1-35-29-36(2)49-53-48(35)58(12)26-18-20-28-60(58,14)64(53)46-34-41(63-44-24-23-39(55(5,6)7)32-43(44)57(11)25-17-19-27-59(57,63)13)33-45-50(46)61(49)54-52(42-21-15-16-22-47(42)65-54)62(45)51-37(3)30-40(31-38(51)4)56(8,9)10/h15-16,21-24,29-34H,17-20,25-28H2,1-14H3. The number of hydrogen-bond acceptors (Lipinski definition) is 4. The Labute approximate surface area is 389 Å². The molecule has 5 aromatic carbocycles. The third-order valence-electron chi connectivity index (χ3n) is 18.9. The molecule has 12 rings (SSSR count). The first kappa shape index (κ1) is 41.5. The molecule has 6 aliphatic rings. The van der Waals surface area contributed by atoms with Gasteiger partial charge in [-0.15, -0.1) is 0 Å². The second-order valence-electron chi connectivity index (χ2n) is 24.6. The maximum absolute atomic E-state index is 7.40. The maximum atomic E-state index is 7.40. The molecule has 0 saturated heterocycles. The van der Waals surface area contributed by atoms with E-state index in [9.17, 15) is 0 Å². The van der Waals surface area contributed by atoms with Gasteiger partial charge in [-0.1, -0.05) is 129 Å². The lowest BCUT2D eigenvalue weighted by Gasteiger charge is -2.53. The molecule has 6 aromatic rings. The molecule has 4 nitrogen and oxygen atoms in total. The summed E-state index contributed by atoms with van der Waals surface area (Å²) >= 11 is 0. The van der Waals surface area contributed by atoms with Gasteiger partial charge in [0, 0.05) is 44.7 Å². The Bertz CT molecular complexity index is 3050. The summed E-state index contributed by atoms with van der Waals surface area (Å²) in [5.41, 5.74) is 25.5. The average Bonchev–Trinajstić information content (AvgIpc) is 3.79. The van der Waals surface area contributed by atoms with E-state index in [2.05, 4.69) is 184 Å². The first-order valence-corrected chi connectivity index (χ1v) is 25.2. The van der Waals surface area contributed by atoms with Crippen LogP contribution in [0.2, 0.25) is 0 Å². The van der Waals surface area contributed by atoms with E-state index in [1.807, 2.05) is 0 Å². The summed E-state index contributed by atoms with van der Waals surface area (Å²) in [6.45, 7) is 34.1. The number of benzene rings is 5. The monoisotopic (exact) mass is 860 g/mol. The fraction of sp³-hybridized carbons (Fsp3) is 0.467. The van der Waals surface area contributed by atoms with Crippen molar-refractivity contribution >= 4 is 74.1 Å². The quantitative estimate of drug-likeness (QED) is 0.162. The van der Waals surface area contributed by atoms with Gasteiger partial charge in [-0.3, -0.25) is 0 Å². The minimum atomic E-state index is -0.100. The minimum absolute atomic E-state index is 0.00732. The van der Waals surface area contributed by atoms with Crippen molar-refractivity contribution in [2.75, 3.05) is 14.7 Å². The lowest BCUT2D eigenvalue weighted by atomic mass is 9.34. The third kappa shape index (κ3) is 5.06. The van der Waals surface area contributed by atoms with Crippen molar-refractivity contribution < 1.29 is 4.42 Å². The zero-order valence-corrected chi connectivity index (χ0v) is 41.9. The van der Waals surface area contributed by atoms with Crippen LogP contribution in [0.15, 0.2) is 77.2 Å². The predicted molar refractivity (Wildman–Crippen MR) is 278 cm³/mol. The van der Waals surface area contributed by atoms with Crippen LogP contribution in [0.25, 0.3) is 11.0 Å². The molecule has 4 aliphatic heterocycles. The van der Waals surface area contributed by atoms with Crippen LogP contribution in [0.1, 0.15) is 165 Å². The fourth-order valence-corrected chi connectivity index (χ4v) is 15.1. The highest BCUT2D eigenvalue weighted by Crippen LogP contribution is 2.66. The first-order chi connectivity index (χ1) is 30.6. The van der Waals surface area contributed by atoms with Crippen molar-refractivity contribution in [3.63, 3.8) is 0 Å². The molecular weight excluding hydrogens is 789 g/mol. The van der Waals surface area contributed by atoms with E-state index in [0.29, 0.717) is 0 Å². The van der Waals surface area contributed by atoms with Gasteiger partial charge in [0.15, 0.2) is 0 Å². The summed E-state index contributed by atoms with van der Waals surface area (Å²) in [6.07, 6.45) is 9.77. The molecule has 2 aliphatic carbocycles. The average molecular weight is 860 g/mol. The molecular formula is C60H70BN3O. The molecule has 0 radical (unpaired) electrons. The zero-order valence-electron chi connectivity index (χ0n) is 41.9. The largest absolute Gasteiger partial charge is 0.468 e. The van der Waals surface area contributed by atoms with Crippen molar-refractivity contribution in [1.29, 1.82) is 0 Å². The number of aryl methyl sites for hydroxylation is 4. The van der Waals surface area contributed by atoms with E-state index in [0.717, 1.165) is 17.7 Å². The molecule has 0 bridgehead atoms. The van der Waals surface area contributed by atoms with E-state index in [1.165, 1.54) is 140 Å². The number of furan rings is 1. The van der Waals surface area contributed by atoms with Crippen LogP contribution in [0.4, 0.5) is 39.8 Å². The van der Waals surface area contributed by atoms with Gasteiger partial charge in [0.2, 0.25) is 0 Å². The molecule has 0 spiro atoms. The van der Waals surface area contributed by atoms with Crippen molar-refractivity contribution in [3.8, 4) is 0 Å². The number of rotatable bonds is 2. The molecule has 4 unspecified atom stereocenters. The summed E-state index contributed by atoms with van der Waals surface area (Å²) in [5.74, 6) is 0. The summed E-state index contributed by atoms with van der Waals surface area (Å²) in [6, 6.07) is 29.2. The summed E-state index contributed by atoms with van der Waals surface area (Å²) < 4.78 is 7.40.